The van der Waals surface area contributed by atoms with E-state index in [0.29, 0.717) is 0 Å². The van der Waals surface area contributed by atoms with Crippen LogP contribution in [0.15, 0.2) is 48.2 Å². The molecule has 0 aliphatic carbocycles. The van der Waals surface area contributed by atoms with Crippen LogP contribution in [0, 0.1) is 5.82 Å². The SMILES string of the molecule is C/C(=C/c1csc(-c2ccc(F)cc2)n1)c1cnccn1. The van der Waals surface area contributed by atoms with E-state index in [1.807, 2.05) is 18.4 Å². The van der Waals surface area contributed by atoms with Gasteiger partial charge in [0, 0.05) is 23.3 Å². The van der Waals surface area contributed by atoms with Gasteiger partial charge in [0.05, 0.1) is 17.6 Å². The van der Waals surface area contributed by atoms with E-state index in [9.17, 15) is 4.39 Å². The van der Waals surface area contributed by atoms with Gasteiger partial charge in [-0.25, -0.2) is 9.37 Å². The van der Waals surface area contributed by atoms with Gasteiger partial charge in [-0.1, -0.05) is 0 Å². The largest absolute Gasteiger partial charge is 0.261 e. The molecule has 3 rings (SSSR count). The highest BCUT2D eigenvalue weighted by Crippen LogP contribution is 2.25. The molecule has 0 aliphatic rings. The summed E-state index contributed by atoms with van der Waals surface area (Å²) in [6.07, 6.45) is 7.00. The first-order valence-electron chi connectivity index (χ1n) is 6.38. The van der Waals surface area contributed by atoms with Gasteiger partial charge in [-0.15, -0.1) is 11.3 Å². The highest BCUT2D eigenvalue weighted by atomic mass is 32.1. The lowest BCUT2D eigenvalue weighted by molar-refractivity contribution is 0.628. The summed E-state index contributed by atoms with van der Waals surface area (Å²) in [4.78, 5) is 12.9. The summed E-state index contributed by atoms with van der Waals surface area (Å²) in [6, 6.07) is 6.35. The average Bonchev–Trinajstić information content (AvgIpc) is 2.97. The van der Waals surface area contributed by atoms with E-state index in [-0.39, 0.29) is 5.82 Å². The van der Waals surface area contributed by atoms with Gasteiger partial charge in [0.2, 0.25) is 0 Å². The number of aromatic nitrogens is 3. The zero-order valence-electron chi connectivity index (χ0n) is 11.3. The van der Waals surface area contributed by atoms with E-state index in [1.54, 1.807) is 30.7 Å². The summed E-state index contributed by atoms with van der Waals surface area (Å²) in [5, 5.41) is 2.84. The number of benzene rings is 1. The van der Waals surface area contributed by atoms with Crippen LogP contribution >= 0.6 is 11.3 Å². The van der Waals surface area contributed by atoms with E-state index in [4.69, 9.17) is 0 Å². The van der Waals surface area contributed by atoms with Crippen LogP contribution in [-0.4, -0.2) is 15.0 Å². The van der Waals surface area contributed by atoms with Crippen molar-refractivity contribution >= 4 is 23.0 Å². The second-order valence-corrected chi connectivity index (χ2v) is 5.36. The van der Waals surface area contributed by atoms with Gasteiger partial charge in [0.1, 0.15) is 10.8 Å². The van der Waals surface area contributed by atoms with Crippen molar-refractivity contribution in [2.45, 2.75) is 6.92 Å². The first-order chi connectivity index (χ1) is 10.2. The monoisotopic (exact) mass is 297 g/mol. The molecule has 3 nitrogen and oxygen atoms in total. The van der Waals surface area contributed by atoms with Gasteiger partial charge in [-0.05, 0) is 42.8 Å². The normalized spacial score (nSPS) is 11.6. The summed E-state index contributed by atoms with van der Waals surface area (Å²) in [5.74, 6) is -0.242. The molecule has 0 aliphatic heterocycles. The predicted molar refractivity (Wildman–Crippen MR) is 83.1 cm³/mol. The Hall–Kier alpha value is -2.40. The number of halogens is 1. The van der Waals surface area contributed by atoms with Gasteiger partial charge in [-0.2, -0.15) is 0 Å². The molecular weight excluding hydrogens is 285 g/mol. The van der Waals surface area contributed by atoms with Crippen molar-refractivity contribution in [2.75, 3.05) is 0 Å². The Labute approximate surface area is 125 Å². The van der Waals surface area contributed by atoms with E-state index in [2.05, 4.69) is 15.0 Å². The molecule has 21 heavy (non-hydrogen) atoms. The standard InChI is InChI=1S/C16H12FN3S/c1-11(15-9-18-6-7-19-15)8-14-10-21-16(20-14)12-2-4-13(17)5-3-12/h2-10H,1H3/b11-8-. The van der Waals surface area contributed by atoms with Crippen molar-refractivity contribution in [3.05, 3.63) is 65.4 Å². The molecule has 0 unspecified atom stereocenters. The van der Waals surface area contributed by atoms with Crippen LogP contribution in [0.2, 0.25) is 0 Å². The Balaban J connectivity index is 1.87. The maximum atomic E-state index is 12.9. The second-order valence-electron chi connectivity index (χ2n) is 4.50. The molecule has 0 atom stereocenters. The molecule has 0 radical (unpaired) electrons. The van der Waals surface area contributed by atoms with Crippen LogP contribution in [0.5, 0.6) is 0 Å². The number of nitrogens with zero attached hydrogens (tertiary/aromatic N) is 3. The van der Waals surface area contributed by atoms with Crippen LogP contribution in [0.4, 0.5) is 4.39 Å². The van der Waals surface area contributed by atoms with Crippen LogP contribution < -0.4 is 0 Å². The number of thiazole rings is 1. The summed E-state index contributed by atoms with van der Waals surface area (Å²) >= 11 is 1.53. The van der Waals surface area contributed by atoms with Crippen molar-refractivity contribution in [3.63, 3.8) is 0 Å². The minimum absolute atomic E-state index is 0.242. The van der Waals surface area contributed by atoms with Crippen molar-refractivity contribution in [1.82, 2.24) is 15.0 Å². The van der Waals surface area contributed by atoms with E-state index < -0.39 is 0 Å². The molecule has 0 saturated carbocycles. The molecule has 5 heteroatoms. The van der Waals surface area contributed by atoms with Crippen LogP contribution in [0.25, 0.3) is 22.2 Å². The van der Waals surface area contributed by atoms with E-state index in [1.165, 1.54) is 23.5 Å². The smallest absolute Gasteiger partial charge is 0.124 e. The van der Waals surface area contributed by atoms with Gasteiger partial charge in [0.15, 0.2) is 0 Å². The molecule has 0 saturated heterocycles. The molecular formula is C16H12FN3S. The first-order valence-corrected chi connectivity index (χ1v) is 7.26. The van der Waals surface area contributed by atoms with Gasteiger partial charge in [-0.3, -0.25) is 9.97 Å². The Morgan fingerprint density at radius 2 is 2.00 bits per heavy atom. The fourth-order valence-corrected chi connectivity index (χ4v) is 2.66. The second kappa shape index (κ2) is 5.93. The van der Waals surface area contributed by atoms with Crippen LogP contribution in [0.1, 0.15) is 18.3 Å². The molecule has 0 bridgehead atoms. The summed E-state index contributed by atoms with van der Waals surface area (Å²) in [7, 11) is 0. The molecule has 104 valence electrons. The van der Waals surface area contributed by atoms with E-state index >= 15 is 0 Å². The van der Waals surface area contributed by atoms with Gasteiger partial charge >= 0.3 is 0 Å². The summed E-state index contributed by atoms with van der Waals surface area (Å²) in [6.45, 7) is 1.97. The fraction of sp³-hybridized carbons (Fsp3) is 0.0625. The molecule has 2 aromatic heterocycles. The highest BCUT2D eigenvalue weighted by molar-refractivity contribution is 7.13. The van der Waals surface area contributed by atoms with Crippen LogP contribution in [0.3, 0.4) is 0 Å². The third-order valence-electron chi connectivity index (χ3n) is 2.94. The Morgan fingerprint density at radius 1 is 1.19 bits per heavy atom. The quantitative estimate of drug-likeness (QED) is 0.723. The number of hydrogen-bond acceptors (Lipinski definition) is 4. The number of hydrogen-bond donors (Lipinski definition) is 0. The Kier molecular flexibility index (Phi) is 3.83. The summed E-state index contributed by atoms with van der Waals surface area (Å²) < 4.78 is 12.9. The van der Waals surface area contributed by atoms with Gasteiger partial charge in [0.25, 0.3) is 0 Å². The van der Waals surface area contributed by atoms with E-state index in [0.717, 1.165) is 27.5 Å². The molecule has 1 aromatic carbocycles. The zero-order chi connectivity index (χ0) is 14.7. The lowest BCUT2D eigenvalue weighted by Crippen LogP contribution is -1.86. The lowest BCUT2D eigenvalue weighted by Gasteiger charge is -1.98. The molecule has 2 heterocycles. The predicted octanol–water partition coefficient (Wildman–Crippen LogP) is 4.30. The van der Waals surface area contributed by atoms with Crippen molar-refractivity contribution in [2.24, 2.45) is 0 Å². The van der Waals surface area contributed by atoms with Crippen molar-refractivity contribution in [3.8, 4) is 10.6 Å². The fourth-order valence-electron chi connectivity index (χ4n) is 1.88. The van der Waals surface area contributed by atoms with Crippen LogP contribution in [-0.2, 0) is 0 Å². The Morgan fingerprint density at radius 3 is 2.71 bits per heavy atom. The molecule has 0 amide bonds. The topological polar surface area (TPSA) is 38.7 Å². The molecule has 3 aromatic rings. The minimum atomic E-state index is -0.242. The minimum Gasteiger partial charge on any atom is -0.261 e. The number of allylic oxidation sites excluding steroid dienone is 1. The average molecular weight is 297 g/mol. The molecule has 0 fully saturated rings. The first kappa shape index (κ1) is 13.6. The third-order valence-corrected chi connectivity index (χ3v) is 3.85. The van der Waals surface area contributed by atoms with Gasteiger partial charge < -0.3 is 0 Å². The number of rotatable bonds is 3. The van der Waals surface area contributed by atoms with Crippen molar-refractivity contribution in [1.29, 1.82) is 0 Å². The lowest BCUT2D eigenvalue weighted by atomic mass is 10.2. The van der Waals surface area contributed by atoms with Crippen molar-refractivity contribution < 1.29 is 4.39 Å². The highest BCUT2D eigenvalue weighted by Gasteiger charge is 2.05. The zero-order valence-corrected chi connectivity index (χ0v) is 12.1. The molecule has 0 N–H and O–H groups in total. The third kappa shape index (κ3) is 3.20. The maximum absolute atomic E-state index is 12.9. The summed E-state index contributed by atoms with van der Waals surface area (Å²) in [5.41, 5.74) is 3.61. The maximum Gasteiger partial charge on any atom is 0.124 e. The molecule has 0 spiro atoms. The Bertz CT molecular complexity index is 764.